The van der Waals surface area contributed by atoms with Crippen LogP contribution in [0.15, 0.2) is 47.5 Å². The van der Waals surface area contributed by atoms with E-state index in [1.54, 1.807) is 20.3 Å². The van der Waals surface area contributed by atoms with E-state index in [9.17, 15) is 10.1 Å². The van der Waals surface area contributed by atoms with Crippen LogP contribution in [0.2, 0.25) is 0 Å². The van der Waals surface area contributed by atoms with Crippen molar-refractivity contribution in [3.63, 3.8) is 0 Å². The lowest BCUT2D eigenvalue weighted by Crippen LogP contribution is -2.28. The minimum Gasteiger partial charge on any atom is -0.493 e. The number of aryl methyl sites for hydroxylation is 1. The van der Waals surface area contributed by atoms with Crippen LogP contribution in [0, 0.1) is 18.3 Å². The zero-order valence-electron chi connectivity index (χ0n) is 20.3. The number of pyridine rings is 1. The number of fused-ring (bicyclic) bond motifs is 1. The average molecular weight is 490 g/mol. The standard InChI is InChI=1S/C27H27N3O4S/c1-17-7-5-8-18(13-17)34-24(31)16-35-27-20(14-28)25(21-15-30(2)12-11-22(21)29-27)19-9-6-10-23(32-3)26(19)33-4/h5-10,13H,11-12,15-16H2,1-4H3. The molecule has 4 rings (SSSR count). The summed E-state index contributed by atoms with van der Waals surface area (Å²) >= 11 is 1.22. The summed E-state index contributed by atoms with van der Waals surface area (Å²) in [5.74, 6) is 1.27. The van der Waals surface area contributed by atoms with Gasteiger partial charge in [0.05, 0.1) is 25.5 Å². The number of aromatic nitrogens is 1. The Kier molecular flexibility index (Phi) is 7.59. The highest BCUT2D eigenvalue weighted by Crippen LogP contribution is 2.44. The second-order valence-corrected chi connectivity index (χ2v) is 9.28. The lowest BCUT2D eigenvalue weighted by molar-refractivity contribution is -0.131. The van der Waals surface area contributed by atoms with Gasteiger partial charge in [0.1, 0.15) is 16.8 Å². The average Bonchev–Trinajstić information content (AvgIpc) is 2.86. The van der Waals surface area contributed by atoms with Crippen molar-refractivity contribution in [3.05, 3.63) is 64.8 Å². The number of nitrogens with zero attached hydrogens (tertiary/aromatic N) is 3. The van der Waals surface area contributed by atoms with E-state index in [-0.39, 0.29) is 5.75 Å². The van der Waals surface area contributed by atoms with Gasteiger partial charge in [-0.1, -0.05) is 36.0 Å². The third-order valence-electron chi connectivity index (χ3n) is 5.84. The number of esters is 1. The summed E-state index contributed by atoms with van der Waals surface area (Å²) in [5.41, 5.74) is 4.88. The number of para-hydroxylation sites is 1. The number of ether oxygens (including phenoxy) is 3. The number of nitriles is 1. The highest BCUT2D eigenvalue weighted by atomic mass is 32.2. The van der Waals surface area contributed by atoms with Crippen molar-refractivity contribution in [1.82, 2.24) is 9.88 Å². The Balaban J connectivity index is 1.75. The van der Waals surface area contributed by atoms with Crippen molar-refractivity contribution in [2.75, 3.05) is 33.6 Å². The van der Waals surface area contributed by atoms with Gasteiger partial charge in [-0.05, 0) is 43.3 Å². The Hall–Kier alpha value is -3.54. The SMILES string of the molecule is COc1cccc(-c2c(C#N)c(SCC(=O)Oc3cccc(C)c3)nc3c2CN(C)CC3)c1OC. The van der Waals surface area contributed by atoms with Crippen molar-refractivity contribution in [1.29, 1.82) is 5.26 Å². The predicted molar refractivity (Wildman–Crippen MR) is 135 cm³/mol. The van der Waals surface area contributed by atoms with Crippen molar-refractivity contribution in [3.8, 4) is 34.4 Å². The molecule has 8 heteroatoms. The number of likely N-dealkylation sites (N-methyl/N-ethyl adjacent to an activating group) is 1. The molecule has 1 aliphatic heterocycles. The number of rotatable bonds is 7. The molecule has 0 N–H and O–H groups in total. The van der Waals surface area contributed by atoms with Crippen LogP contribution in [0.25, 0.3) is 11.1 Å². The van der Waals surface area contributed by atoms with Crippen LogP contribution >= 0.6 is 11.8 Å². The van der Waals surface area contributed by atoms with Crippen LogP contribution in [-0.4, -0.2) is 49.4 Å². The van der Waals surface area contributed by atoms with Gasteiger partial charge >= 0.3 is 5.97 Å². The van der Waals surface area contributed by atoms with Gasteiger partial charge in [-0.25, -0.2) is 4.98 Å². The van der Waals surface area contributed by atoms with Gasteiger partial charge in [-0.2, -0.15) is 5.26 Å². The molecule has 35 heavy (non-hydrogen) atoms. The molecule has 0 radical (unpaired) electrons. The Bertz CT molecular complexity index is 1300. The van der Waals surface area contributed by atoms with Crippen LogP contribution in [0.4, 0.5) is 0 Å². The molecule has 0 unspecified atom stereocenters. The van der Waals surface area contributed by atoms with Gasteiger partial charge < -0.3 is 19.1 Å². The van der Waals surface area contributed by atoms with E-state index >= 15 is 0 Å². The summed E-state index contributed by atoms with van der Waals surface area (Å²) in [5, 5.41) is 10.8. The molecule has 0 spiro atoms. The molecule has 0 saturated heterocycles. The third kappa shape index (κ3) is 5.26. The van der Waals surface area contributed by atoms with Crippen LogP contribution < -0.4 is 14.2 Å². The smallest absolute Gasteiger partial charge is 0.321 e. The van der Waals surface area contributed by atoms with Crippen LogP contribution in [0.3, 0.4) is 0 Å². The largest absolute Gasteiger partial charge is 0.493 e. The van der Waals surface area contributed by atoms with Gasteiger partial charge in [0, 0.05) is 36.3 Å². The van der Waals surface area contributed by atoms with E-state index < -0.39 is 5.97 Å². The number of benzene rings is 2. The molecule has 1 aromatic heterocycles. The molecule has 1 aliphatic rings. The highest BCUT2D eigenvalue weighted by molar-refractivity contribution is 7.99. The number of carbonyl (C=O) groups is 1. The van der Waals surface area contributed by atoms with Gasteiger partial charge in [0.25, 0.3) is 0 Å². The fourth-order valence-corrected chi connectivity index (χ4v) is 5.01. The molecule has 3 aromatic rings. The first kappa shape index (κ1) is 24.6. The molecule has 0 amide bonds. The summed E-state index contributed by atoms with van der Waals surface area (Å²) in [6, 6.07) is 15.3. The molecule has 180 valence electrons. The second-order valence-electron chi connectivity index (χ2n) is 8.31. The molecule has 0 bridgehead atoms. The van der Waals surface area contributed by atoms with Gasteiger partial charge in [0.15, 0.2) is 11.5 Å². The fourth-order valence-electron chi connectivity index (χ4n) is 4.23. The maximum atomic E-state index is 12.6. The lowest BCUT2D eigenvalue weighted by atomic mass is 9.91. The summed E-state index contributed by atoms with van der Waals surface area (Å²) in [7, 11) is 5.22. The Labute approximate surface area is 209 Å². The highest BCUT2D eigenvalue weighted by Gasteiger charge is 2.28. The third-order valence-corrected chi connectivity index (χ3v) is 6.79. The molecular weight excluding hydrogens is 462 g/mol. The van der Waals surface area contributed by atoms with Crippen molar-refractivity contribution < 1.29 is 19.0 Å². The topological polar surface area (TPSA) is 84.7 Å². The summed E-state index contributed by atoms with van der Waals surface area (Å²) in [6.07, 6.45) is 0.748. The summed E-state index contributed by atoms with van der Waals surface area (Å²) in [6.45, 7) is 3.46. The Morgan fingerprint density at radius 2 is 2.00 bits per heavy atom. The number of hydrogen-bond acceptors (Lipinski definition) is 8. The molecule has 7 nitrogen and oxygen atoms in total. The molecule has 0 fully saturated rings. The van der Waals surface area contributed by atoms with Crippen molar-refractivity contribution >= 4 is 17.7 Å². The van der Waals surface area contributed by atoms with E-state index in [2.05, 4.69) is 11.0 Å². The molecule has 2 aromatic carbocycles. The minimum absolute atomic E-state index is 0.0308. The zero-order chi connectivity index (χ0) is 24.9. The first-order valence-electron chi connectivity index (χ1n) is 11.2. The van der Waals surface area contributed by atoms with Crippen molar-refractivity contribution in [2.24, 2.45) is 0 Å². The van der Waals surface area contributed by atoms with Crippen LogP contribution in [0.1, 0.15) is 22.4 Å². The van der Waals surface area contributed by atoms with E-state index in [4.69, 9.17) is 19.2 Å². The molecule has 2 heterocycles. The van der Waals surface area contributed by atoms with Gasteiger partial charge in [-0.3, -0.25) is 4.79 Å². The predicted octanol–water partition coefficient (Wildman–Crippen LogP) is 4.63. The zero-order valence-corrected chi connectivity index (χ0v) is 21.1. The van der Waals surface area contributed by atoms with Crippen LogP contribution in [0.5, 0.6) is 17.2 Å². The minimum atomic E-state index is -0.399. The number of carbonyl (C=O) groups excluding carboxylic acids is 1. The Morgan fingerprint density at radius 3 is 2.71 bits per heavy atom. The van der Waals surface area contributed by atoms with Crippen molar-refractivity contribution in [2.45, 2.75) is 24.9 Å². The molecule has 0 saturated carbocycles. The molecule has 0 aliphatic carbocycles. The quantitative estimate of drug-likeness (QED) is 0.270. The van der Waals surface area contributed by atoms with Gasteiger partial charge in [-0.15, -0.1) is 0 Å². The second kappa shape index (κ2) is 10.8. The number of hydrogen-bond donors (Lipinski definition) is 0. The van der Waals surface area contributed by atoms with E-state index in [1.165, 1.54) is 11.8 Å². The first-order valence-corrected chi connectivity index (χ1v) is 12.2. The number of methoxy groups -OCH3 is 2. The van der Waals surface area contributed by atoms with E-state index in [0.29, 0.717) is 34.4 Å². The fraction of sp³-hybridized carbons (Fsp3) is 0.296. The number of thioether (sulfide) groups is 1. The molecule has 0 atom stereocenters. The maximum absolute atomic E-state index is 12.6. The van der Waals surface area contributed by atoms with Gasteiger partial charge in [0.2, 0.25) is 0 Å². The lowest BCUT2D eigenvalue weighted by Gasteiger charge is -2.28. The summed E-state index contributed by atoms with van der Waals surface area (Å²) < 4.78 is 16.7. The van der Waals surface area contributed by atoms with Crippen LogP contribution in [-0.2, 0) is 17.8 Å². The monoisotopic (exact) mass is 489 g/mol. The van der Waals surface area contributed by atoms with E-state index in [0.717, 1.165) is 40.9 Å². The molecular formula is C27H27N3O4S. The normalized spacial score (nSPS) is 13.0. The maximum Gasteiger partial charge on any atom is 0.321 e. The Morgan fingerprint density at radius 1 is 1.20 bits per heavy atom. The first-order chi connectivity index (χ1) is 16.9. The van der Waals surface area contributed by atoms with E-state index in [1.807, 2.05) is 50.4 Å². The summed E-state index contributed by atoms with van der Waals surface area (Å²) in [4.78, 5) is 19.6.